The van der Waals surface area contributed by atoms with Crippen molar-refractivity contribution in [2.24, 2.45) is 0 Å². The third-order valence-electron chi connectivity index (χ3n) is 2.44. The van der Waals surface area contributed by atoms with Gasteiger partial charge in [0.1, 0.15) is 11.6 Å². The van der Waals surface area contributed by atoms with E-state index in [1.165, 1.54) is 6.82 Å². The Balaban J connectivity index is 2.94. The quantitative estimate of drug-likeness (QED) is 0.324. The average molecular weight is 358 g/mol. The minimum absolute atomic E-state index is 0.168. The maximum Gasteiger partial charge on any atom is 0.534 e. The second-order valence-electron chi connectivity index (χ2n) is 4.80. The highest BCUT2D eigenvalue weighted by atomic mass is 32.2. The summed E-state index contributed by atoms with van der Waals surface area (Å²) in [6, 6.07) is 2.38. The maximum absolute atomic E-state index is 13.2. The van der Waals surface area contributed by atoms with Crippen LogP contribution in [-0.4, -0.2) is 27.1 Å². The summed E-state index contributed by atoms with van der Waals surface area (Å²) in [5.41, 5.74) is -5.79. The van der Waals surface area contributed by atoms with E-state index in [2.05, 4.69) is 4.18 Å². The van der Waals surface area contributed by atoms with Crippen molar-refractivity contribution in [3.05, 3.63) is 29.6 Å². The lowest BCUT2D eigenvalue weighted by Crippen LogP contribution is -2.28. The first-order valence-electron chi connectivity index (χ1n) is 6.48. The topological polar surface area (TPSA) is 61.8 Å². The van der Waals surface area contributed by atoms with Crippen LogP contribution in [0.25, 0.3) is 0 Å². The van der Waals surface area contributed by atoms with Crippen LogP contribution < -0.4 is 4.18 Å². The molecule has 0 fully saturated rings. The Hall–Kier alpha value is -1.33. The molecule has 11 heteroatoms. The largest absolute Gasteiger partial charge is 0.534 e. The van der Waals surface area contributed by atoms with E-state index in [1.54, 1.807) is 13.8 Å². The molecule has 0 unspecified atom stereocenters. The first kappa shape index (κ1) is 19.7. The molecule has 0 saturated heterocycles. The third-order valence-corrected chi connectivity index (χ3v) is 3.41. The average Bonchev–Trinajstić information content (AvgIpc) is 2.36. The summed E-state index contributed by atoms with van der Waals surface area (Å²) >= 11 is 0. The Kier molecular flexibility index (Phi) is 6.43. The number of hydrogen-bond acceptors (Lipinski definition) is 5. The van der Waals surface area contributed by atoms with E-state index in [1.807, 2.05) is 0 Å². The molecule has 1 aromatic rings. The zero-order valence-electron chi connectivity index (χ0n) is 12.6. The van der Waals surface area contributed by atoms with E-state index in [0.29, 0.717) is 0 Å². The SMILES string of the molecule is CB(OCc1cc(F)ccc1OS(=O)(=O)C(F)(F)F)OC(C)C. The van der Waals surface area contributed by atoms with Gasteiger partial charge in [-0.2, -0.15) is 21.6 Å². The van der Waals surface area contributed by atoms with Crippen LogP contribution in [0.15, 0.2) is 18.2 Å². The number of hydrogen-bond donors (Lipinski definition) is 0. The standard InChI is InChI=1S/C12H15BF4O5S/c1-8(2)21-13(3)20-7-9-6-10(14)4-5-11(9)22-23(18,19)12(15,16)17/h4-6,8H,7H2,1-3H3. The van der Waals surface area contributed by atoms with Gasteiger partial charge in [0.05, 0.1) is 6.61 Å². The van der Waals surface area contributed by atoms with Crippen molar-refractivity contribution in [1.29, 1.82) is 0 Å². The fourth-order valence-electron chi connectivity index (χ4n) is 1.54. The molecular weight excluding hydrogens is 343 g/mol. The first-order valence-corrected chi connectivity index (χ1v) is 7.89. The van der Waals surface area contributed by atoms with Gasteiger partial charge >= 0.3 is 22.7 Å². The van der Waals surface area contributed by atoms with Crippen LogP contribution in [0, 0.1) is 5.82 Å². The van der Waals surface area contributed by atoms with Crippen LogP contribution in [0.5, 0.6) is 5.75 Å². The lowest BCUT2D eigenvalue weighted by atomic mass is 9.94. The van der Waals surface area contributed by atoms with Crippen molar-refractivity contribution in [2.75, 3.05) is 0 Å². The summed E-state index contributed by atoms with van der Waals surface area (Å²) in [4.78, 5) is 0. The second-order valence-corrected chi connectivity index (χ2v) is 6.34. The van der Waals surface area contributed by atoms with E-state index in [9.17, 15) is 26.0 Å². The van der Waals surface area contributed by atoms with Gasteiger partial charge in [-0.15, -0.1) is 0 Å². The van der Waals surface area contributed by atoms with Crippen molar-refractivity contribution in [3.8, 4) is 5.75 Å². The molecule has 0 aliphatic rings. The van der Waals surface area contributed by atoms with Gasteiger partial charge in [0.25, 0.3) is 0 Å². The number of halogens is 4. The summed E-state index contributed by atoms with van der Waals surface area (Å²) in [7, 11) is -6.58. The lowest BCUT2D eigenvalue weighted by Gasteiger charge is -2.16. The molecule has 0 spiro atoms. The molecule has 0 radical (unpaired) electrons. The Morgan fingerprint density at radius 2 is 1.87 bits per heavy atom. The van der Waals surface area contributed by atoms with E-state index in [4.69, 9.17) is 9.31 Å². The monoisotopic (exact) mass is 358 g/mol. The van der Waals surface area contributed by atoms with Gasteiger partial charge < -0.3 is 13.5 Å². The molecule has 0 aliphatic carbocycles. The van der Waals surface area contributed by atoms with Gasteiger partial charge in [-0.3, -0.25) is 0 Å². The molecule has 0 bridgehead atoms. The molecule has 0 heterocycles. The molecule has 0 amide bonds. The molecule has 1 rings (SSSR count). The molecule has 0 N–H and O–H groups in total. The molecule has 130 valence electrons. The van der Waals surface area contributed by atoms with Gasteiger partial charge in [0.15, 0.2) is 0 Å². The lowest BCUT2D eigenvalue weighted by molar-refractivity contribution is -0.0500. The summed E-state index contributed by atoms with van der Waals surface area (Å²) in [5.74, 6) is -1.45. The summed E-state index contributed by atoms with van der Waals surface area (Å²) in [6.07, 6.45) is -0.168. The van der Waals surface area contributed by atoms with E-state index in [-0.39, 0.29) is 11.7 Å². The Morgan fingerprint density at radius 3 is 2.39 bits per heavy atom. The smallest absolute Gasteiger partial charge is 0.409 e. The van der Waals surface area contributed by atoms with Crippen LogP contribution in [-0.2, 0) is 26.0 Å². The molecule has 1 aromatic carbocycles. The van der Waals surface area contributed by atoms with Gasteiger partial charge in [-0.1, -0.05) is 0 Å². The van der Waals surface area contributed by atoms with Gasteiger partial charge in [0.2, 0.25) is 0 Å². The zero-order valence-corrected chi connectivity index (χ0v) is 13.4. The molecule has 5 nitrogen and oxygen atoms in total. The Bertz CT molecular complexity index is 633. The van der Waals surface area contributed by atoms with Crippen LogP contribution >= 0.6 is 0 Å². The zero-order chi connectivity index (χ0) is 17.8. The summed E-state index contributed by atoms with van der Waals surface area (Å²) in [5, 5.41) is 0. The van der Waals surface area contributed by atoms with Gasteiger partial charge in [-0.05, 0) is 38.9 Å². The van der Waals surface area contributed by atoms with Crippen molar-refractivity contribution in [1.82, 2.24) is 0 Å². The molecule has 0 saturated carbocycles. The molecule has 0 aliphatic heterocycles. The number of alkyl halides is 3. The van der Waals surface area contributed by atoms with Gasteiger partial charge in [-0.25, -0.2) is 4.39 Å². The third kappa shape index (κ3) is 6.00. The molecule has 0 atom stereocenters. The van der Waals surface area contributed by atoms with E-state index >= 15 is 0 Å². The van der Waals surface area contributed by atoms with Crippen molar-refractivity contribution >= 4 is 17.2 Å². The fraction of sp³-hybridized carbons (Fsp3) is 0.500. The molecule has 23 heavy (non-hydrogen) atoms. The Morgan fingerprint density at radius 1 is 1.26 bits per heavy atom. The number of rotatable bonds is 7. The fourth-order valence-corrected chi connectivity index (χ4v) is 2.03. The first-order chi connectivity index (χ1) is 10.4. The van der Waals surface area contributed by atoms with Crippen LogP contribution in [0.1, 0.15) is 19.4 Å². The highest BCUT2D eigenvalue weighted by Crippen LogP contribution is 2.29. The number of benzene rings is 1. The van der Waals surface area contributed by atoms with Crippen LogP contribution in [0.3, 0.4) is 0 Å². The van der Waals surface area contributed by atoms with Crippen molar-refractivity contribution < 1.29 is 39.5 Å². The van der Waals surface area contributed by atoms with Crippen LogP contribution in [0.4, 0.5) is 17.6 Å². The summed E-state index contributed by atoms with van der Waals surface area (Å²) < 4.78 is 86.8. The predicted octanol–water partition coefficient (Wildman–Crippen LogP) is 3.11. The van der Waals surface area contributed by atoms with E-state index < -0.39 is 40.9 Å². The minimum atomic E-state index is -5.85. The highest BCUT2D eigenvalue weighted by molar-refractivity contribution is 7.88. The summed E-state index contributed by atoms with van der Waals surface area (Å²) in [6.45, 7) is 4.62. The minimum Gasteiger partial charge on any atom is -0.409 e. The van der Waals surface area contributed by atoms with E-state index in [0.717, 1.165) is 18.2 Å². The Labute approximate surface area is 131 Å². The molecular formula is C12H15BF4O5S. The normalized spacial score (nSPS) is 12.5. The maximum atomic E-state index is 13.2. The van der Waals surface area contributed by atoms with Crippen molar-refractivity contribution in [2.45, 2.75) is 38.9 Å². The second kappa shape index (κ2) is 7.50. The van der Waals surface area contributed by atoms with Crippen molar-refractivity contribution in [3.63, 3.8) is 0 Å². The molecule has 0 aromatic heterocycles. The highest BCUT2D eigenvalue weighted by Gasteiger charge is 2.48. The van der Waals surface area contributed by atoms with Gasteiger partial charge in [0, 0.05) is 11.7 Å². The van der Waals surface area contributed by atoms with Crippen LogP contribution in [0.2, 0.25) is 6.82 Å². The predicted molar refractivity (Wildman–Crippen MR) is 74.6 cm³/mol.